The molecule has 2 fully saturated rings. The van der Waals surface area contributed by atoms with Crippen molar-refractivity contribution in [3.8, 4) is 0 Å². The molecule has 4 heteroatoms. The second-order valence-corrected chi connectivity index (χ2v) is 7.37. The molecule has 2 bridgehead atoms. The molecule has 1 aliphatic heterocycles. The number of nitrogens with zero attached hydrogens (tertiary/aromatic N) is 3. The van der Waals surface area contributed by atoms with Gasteiger partial charge in [-0.2, -0.15) is 0 Å². The third-order valence-electron chi connectivity index (χ3n) is 5.82. The molecule has 3 atom stereocenters. The van der Waals surface area contributed by atoms with Gasteiger partial charge in [-0.05, 0) is 43.0 Å². The Balaban J connectivity index is 1.60. The molecule has 24 heavy (non-hydrogen) atoms. The molecule has 1 aliphatic carbocycles. The number of hydrogen-bond donors (Lipinski definition) is 1. The highest BCUT2D eigenvalue weighted by molar-refractivity contribution is 5.28. The topological polar surface area (TPSA) is 49.3 Å². The van der Waals surface area contributed by atoms with Gasteiger partial charge in [-0.15, -0.1) is 0 Å². The van der Waals surface area contributed by atoms with Gasteiger partial charge in [0.2, 0.25) is 0 Å². The minimum atomic E-state index is -0.769. The summed E-state index contributed by atoms with van der Waals surface area (Å²) in [6.07, 6.45) is 8.94. The maximum atomic E-state index is 11.7. The normalized spacial score (nSPS) is 30.2. The molecule has 4 rings (SSSR count). The molecule has 0 spiro atoms. The molecule has 3 heterocycles. The average Bonchev–Trinajstić information content (AvgIpc) is 2.57. The SMILES string of the molecule is Cc1cccnc1C1(O)[C@@H]2CCC[C@H]1CN(Cc1cccnc1)C2. The van der Waals surface area contributed by atoms with Crippen LogP contribution in [0, 0.1) is 18.8 Å². The quantitative estimate of drug-likeness (QED) is 0.943. The van der Waals surface area contributed by atoms with Crippen LogP contribution in [0.5, 0.6) is 0 Å². The fraction of sp³-hybridized carbons (Fsp3) is 0.500. The van der Waals surface area contributed by atoms with Crippen molar-refractivity contribution in [3.05, 3.63) is 59.7 Å². The van der Waals surface area contributed by atoms with Crippen molar-refractivity contribution < 1.29 is 5.11 Å². The summed E-state index contributed by atoms with van der Waals surface area (Å²) in [5.74, 6) is 0.519. The Morgan fingerprint density at radius 3 is 2.58 bits per heavy atom. The van der Waals surface area contributed by atoms with E-state index in [4.69, 9.17) is 0 Å². The Morgan fingerprint density at radius 1 is 1.17 bits per heavy atom. The fourth-order valence-corrected chi connectivity index (χ4v) is 4.71. The smallest absolute Gasteiger partial charge is 0.115 e. The van der Waals surface area contributed by atoms with Gasteiger partial charge in [-0.25, -0.2) is 0 Å². The highest BCUT2D eigenvalue weighted by atomic mass is 16.3. The van der Waals surface area contributed by atoms with Crippen molar-refractivity contribution >= 4 is 0 Å². The van der Waals surface area contributed by atoms with Gasteiger partial charge in [0.15, 0.2) is 0 Å². The minimum absolute atomic E-state index is 0.260. The number of aromatic nitrogens is 2. The molecule has 126 valence electrons. The van der Waals surface area contributed by atoms with Crippen molar-refractivity contribution in [1.82, 2.24) is 14.9 Å². The summed E-state index contributed by atoms with van der Waals surface area (Å²) in [7, 11) is 0. The predicted molar refractivity (Wildman–Crippen MR) is 93.2 cm³/mol. The third-order valence-corrected chi connectivity index (χ3v) is 5.82. The molecule has 1 unspecified atom stereocenters. The van der Waals surface area contributed by atoms with E-state index in [1.165, 1.54) is 12.0 Å². The van der Waals surface area contributed by atoms with E-state index in [0.717, 1.165) is 43.7 Å². The zero-order valence-corrected chi connectivity index (χ0v) is 14.2. The number of piperidine rings is 1. The highest BCUT2D eigenvalue weighted by Gasteiger charge is 2.52. The molecular formula is C20H25N3O. The van der Waals surface area contributed by atoms with Gasteiger partial charge < -0.3 is 5.11 Å². The highest BCUT2D eigenvalue weighted by Crippen LogP contribution is 2.49. The predicted octanol–water partition coefficient (Wildman–Crippen LogP) is 2.90. The lowest BCUT2D eigenvalue weighted by Crippen LogP contribution is -2.58. The van der Waals surface area contributed by atoms with Gasteiger partial charge >= 0.3 is 0 Å². The van der Waals surface area contributed by atoms with E-state index < -0.39 is 5.60 Å². The fourth-order valence-electron chi connectivity index (χ4n) is 4.71. The Bertz CT molecular complexity index is 689. The lowest BCUT2D eigenvalue weighted by atomic mass is 9.63. The second-order valence-electron chi connectivity index (χ2n) is 7.37. The van der Waals surface area contributed by atoms with Gasteiger partial charge in [0, 0.05) is 50.1 Å². The summed E-state index contributed by atoms with van der Waals surface area (Å²) in [4.78, 5) is 11.3. The average molecular weight is 323 g/mol. The molecule has 0 radical (unpaired) electrons. The Hall–Kier alpha value is -1.78. The largest absolute Gasteiger partial charge is 0.383 e. The molecule has 1 saturated heterocycles. The van der Waals surface area contributed by atoms with E-state index >= 15 is 0 Å². The maximum Gasteiger partial charge on any atom is 0.115 e. The third kappa shape index (κ3) is 2.64. The Morgan fingerprint density at radius 2 is 1.92 bits per heavy atom. The Kier molecular flexibility index (Phi) is 4.10. The van der Waals surface area contributed by atoms with Crippen LogP contribution in [0.4, 0.5) is 0 Å². The number of aryl methyl sites for hydroxylation is 1. The molecule has 2 aromatic rings. The summed E-state index contributed by atoms with van der Waals surface area (Å²) in [5, 5.41) is 11.7. The van der Waals surface area contributed by atoms with Crippen LogP contribution >= 0.6 is 0 Å². The van der Waals surface area contributed by atoms with E-state index in [0.29, 0.717) is 0 Å². The van der Waals surface area contributed by atoms with Crippen LogP contribution < -0.4 is 0 Å². The molecule has 1 N–H and O–H groups in total. The van der Waals surface area contributed by atoms with Crippen molar-refractivity contribution in [2.24, 2.45) is 11.8 Å². The van der Waals surface area contributed by atoms with Crippen LogP contribution in [-0.4, -0.2) is 33.1 Å². The number of fused-ring (bicyclic) bond motifs is 2. The maximum absolute atomic E-state index is 11.7. The second kappa shape index (κ2) is 6.26. The molecular weight excluding hydrogens is 298 g/mol. The van der Waals surface area contributed by atoms with E-state index in [-0.39, 0.29) is 11.8 Å². The molecule has 2 aromatic heterocycles. The van der Waals surface area contributed by atoms with Crippen LogP contribution in [0.2, 0.25) is 0 Å². The zero-order chi connectivity index (χ0) is 16.6. The van der Waals surface area contributed by atoms with Crippen molar-refractivity contribution in [3.63, 3.8) is 0 Å². The van der Waals surface area contributed by atoms with Crippen LogP contribution in [-0.2, 0) is 12.1 Å². The standard InChI is InChI=1S/C20H25N3O/c1-15-5-3-10-22-19(15)20(24)17-7-2-8-18(20)14-23(13-17)12-16-6-4-9-21-11-16/h3-6,9-11,17-18,24H,2,7-8,12-14H2,1H3/t17-,18+,20?. The van der Waals surface area contributed by atoms with Gasteiger partial charge in [-0.3, -0.25) is 14.9 Å². The summed E-state index contributed by atoms with van der Waals surface area (Å²) < 4.78 is 0. The van der Waals surface area contributed by atoms with Gasteiger partial charge in [0.1, 0.15) is 5.60 Å². The van der Waals surface area contributed by atoms with Crippen LogP contribution in [0.25, 0.3) is 0 Å². The van der Waals surface area contributed by atoms with E-state index in [1.807, 2.05) is 30.7 Å². The van der Waals surface area contributed by atoms with Crippen LogP contribution in [0.3, 0.4) is 0 Å². The first-order valence-corrected chi connectivity index (χ1v) is 8.93. The lowest BCUT2D eigenvalue weighted by molar-refractivity contribution is -0.151. The van der Waals surface area contributed by atoms with Gasteiger partial charge in [0.25, 0.3) is 0 Å². The number of hydrogen-bond acceptors (Lipinski definition) is 4. The summed E-state index contributed by atoms with van der Waals surface area (Å²) in [5.41, 5.74) is 2.49. The zero-order valence-electron chi connectivity index (χ0n) is 14.2. The van der Waals surface area contributed by atoms with Gasteiger partial charge in [-0.1, -0.05) is 18.6 Å². The van der Waals surface area contributed by atoms with E-state index in [2.05, 4.69) is 33.9 Å². The van der Waals surface area contributed by atoms with Crippen molar-refractivity contribution in [1.29, 1.82) is 0 Å². The van der Waals surface area contributed by atoms with E-state index in [9.17, 15) is 5.11 Å². The minimum Gasteiger partial charge on any atom is -0.383 e. The summed E-state index contributed by atoms with van der Waals surface area (Å²) in [6, 6.07) is 8.15. The number of likely N-dealkylation sites (tertiary alicyclic amines) is 1. The monoisotopic (exact) mass is 323 g/mol. The first kappa shape index (κ1) is 15.7. The molecule has 1 saturated carbocycles. The molecule has 0 amide bonds. The van der Waals surface area contributed by atoms with Crippen LogP contribution in [0.15, 0.2) is 42.9 Å². The van der Waals surface area contributed by atoms with Crippen molar-refractivity contribution in [2.45, 2.75) is 38.3 Å². The molecule has 0 aromatic carbocycles. The first-order chi connectivity index (χ1) is 11.7. The van der Waals surface area contributed by atoms with Gasteiger partial charge in [0.05, 0.1) is 5.69 Å². The summed E-state index contributed by atoms with van der Waals surface area (Å²) in [6.45, 7) is 4.84. The number of rotatable bonds is 3. The summed E-state index contributed by atoms with van der Waals surface area (Å²) >= 11 is 0. The molecule has 4 nitrogen and oxygen atoms in total. The Labute approximate surface area is 143 Å². The van der Waals surface area contributed by atoms with Crippen LogP contribution in [0.1, 0.15) is 36.1 Å². The lowest BCUT2D eigenvalue weighted by Gasteiger charge is -2.53. The van der Waals surface area contributed by atoms with E-state index in [1.54, 1.807) is 0 Å². The first-order valence-electron chi connectivity index (χ1n) is 8.93. The number of pyridine rings is 2. The molecule has 2 aliphatic rings. The van der Waals surface area contributed by atoms with Crippen molar-refractivity contribution in [2.75, 3.05) is 13.1 Å². The number of aliphatic hydroxyl groups is 1.